The summed E-state index contributed by atoms with van der Waals surface area (Å²) in [5.74, 6) is 0.484. The van der Waals surface area contributed by atoms with Crippen molar-refractivity contribution >= 4 is 11.3 Å². The predicted molar refractivity (Wildman–Crippen MR) is 65.8 cm³/mol. The van der Waals surface area contributed by atoms with Gasteiger partial charge in [0.15, 0.2) is 0 Å². The minimum absolute atomic E-state index is 0.368. The molecule has 1 heterocycles. The molecule has 0 saturated heterocycles. The van der Waals surface area contributed by atoms with Crippen molar-refractivity contribution in [2.24, 2.45) is 0 Å². The second-order valence-corrected chi connectivity index (χ2v) is 5.21. The monoisotopic (exact) mass is 244 g/mol. The van der Waals surface area contributed by atoms with E-state index in [4.69, 9.17) is 4.74 Å². The highest BCUT2D eigenvalue weighted by atomic mass is 32.1. The van der Waals surface area contributed by atoms with Crippen molar-refractivity contribution in [1.82, 2.24) is 10.3 Å². The molecule has 4 nitrogen and oxygen atoms in total. The largest absolute Gasteiger partial charge is 0.389 e. The lowest BCUT2D eigenvalue weighted by atomic mass is 10.2. The van der Waals surface area contributed by atoms with E-state index in [2.05, 4.69) is 24.1 Å². The number of nitrogens with one attached hydrogen (secondary N) is 1. The lowest BCUT2D eigenvalue weighted by Gasteiger charge is -2.09. The van der Waals surface area contributed by atoms with Crippen LogP contribution in [0.2, 0.25) is 0 Å². The Bertz CT molecular complexity index is 302. The van der Waals surface area contributed by atoms with Crippen LogP contribution in [0.25, 0.3) is 0 Å². The van der Waals surface area contributed by atoms with Crippen molar-refractivity contribution in [1.29, 1.82) is 0 Å². The van der Waals surface area contributed by atoms with E-state index >= 15 is 0 Å². The highest BCUT2D eigenvalue weighted by molar-refractivity contribution is 7.11. The minimum Gasteiger partial charge on any atom is -0.389 e. The van der Waals surface area contributed by atoms with Crippen LogP contribution in [0.15, 0.2) is 6.20 Å². The van der Waals surface area contributed by atoms with Gasteiger partial charge in [-0.1, -0.05) is 13.8 Å². The van der Waals surface area contributed by atoms with Crippen LogP contribution >= 0.6 is 11.3 Å². The third kappa shape index (κ3) is 4.57. The molecule has 0 bridgehead atoms. The maximum Gasteiger partial charge on any atom is 0.0953 e. The first-order chi connectivity index (χ1) is 7.63. The Morgan fingerprint density at radius 2 is 2.31 bits per heavy atom. The van der Waals surface area contributed by atoms with E-state index in [1.807, 2.05) is 6.20 Å². The standard InChI is InChI=1S/C11H20N2O2S/c1-8(2)11-13-6-10(16-11)5-12-4-9(14)7-15-3/h6,8-9,12,14H,4-5,7H2,1-3H3. The second-order valence-electron chi connectivity index (χ2n) is 4.06. The number of aromatic nitrogens is 1. The molecule has 0 radical (unpaired) electrons. The molecule has 0 aliphatic heterocycles. The van der Waals surface area contributed by atoms with E-state index < -0.39 is 6.10 Å². The summed E-state index contributed by atoms with van der Waals surface area (Å²) in [5.41, 5.74) is 0. The Hall–Kier alpha value is -0.490. The van der Waals surface area contributed by atoms with Crippen molar-refractivity contribution in [3.63, 3.8) is 0 Å². The smallest absolute Gasteiger partial charge is 0.0953 e. The number of rotatable bonds is 7. The zero-order valence-corrected chi connectivity index (χ0v) is 10.9. The highest BCUT2D eigenvalue weighted by Crippen LogP contribution is 2.20. The Morgan fingerprint density at radius 1 is 1.56 bits per heavy atom. The Morgan fingerprint density at radius 3 is 2.88 bits per heavy atom. The van der Waals surface area contributed by atoms with Gasteiger partial charge in [-0.2, -0.15) is 0 Å². The molecule has 1 atom stereocenters. The summed E-state index contributed by atoms with van der Waals surface area (Å²) in [6, 6.07) is 0. The quantitative estimate of drug-likeness (QED) is 0.760. The first-order valence-corrected chi connectivity index (χ1v) is 6.27. The van der Waals surface area contributed by atoms with Gasteiger partial charge in [0.05, 0.1) is 17.7 Å². The van der Waals surface area contributed by atoms with Crippen LogP contribution in [0.3, 0.4) is 0 Å². The van der Waals surface area contributed by atoms with Gasteiger partial charge in [0.2, 0.25) is 0 Å². The van der Waals surface area contributed by atoms with Gasteiger partial charge in [-0.25, -0.2) is 4.98 Å². The zero-order chi connectivity index (χ0) is 12.0. The molecule has 0 amide bonds. The van der Waals surface area contributed by atoms with Crippen molar-refractivity contribution in [3.8, 4) is 0 Å². The van der Waals surface area contributed by atoms with Crippen LogP contribution in [0.4, 0.5) is 0 Å². The van der Waals surface area contributed by atoms with Crippen molar-refractivity contribution in [2.45, 2.75) is 32.4 Å². The fourth-order valence-corrected chi connectivity index (χ4v) is 2.17. The molecule has 1 rings (SSSR count). The van der Waals surface area contributed by atoms with E-state index in [1.165, 1.54) is 4.88 Å². The SMILES string of the molecule is COCC(O)CNCc1cnc(C(C)C)s1. The van der Waals surface area contributed by atoms with Crippen LogP contribution in [-0.2, 0) is 11.3 Å². The normalized spacial score (nSPS) is 13.3. The summed E-state index contributed by atoms with van der Waals surface area (Å²) in [4.78, 5) is 5.54. The number of hydrogen-bond donors (Lipinski definition) is 2. The molecule has 1 aromatic heterocycles. The summed E-state index contributed by atoms with van der Waals surface area (Å²) >= 11 is 1.72. The molecule has 0 aromatic carbocycles. The van der Waals surface area contributed by atoms with Gasteiger partial charge in [-0.3, -0.25) is 0 Å². The fraction of sp³-hybridized carbons (Fsp3) is 0.727. The van der Waals surface area contributed by atoms with Crippen LogP contribution in [-0.4, -0.2) is 36.5 Å². The Kier molecular flexibility index (Phi) is 5.90. The van der Waals surface area contributed by atoms with Gasteiger partial charge < -0.3 is 15.2 Å². The molecule has 0 fully saturated rings. The summed E-state index contributed by atoms with van der Waals surface area (Å²) in [5, 5.41) is 13.8. The molecule has 92 valence electrons. The molecule has 16 heavy (non-hydrogen) atoms. The van der Waals surface area contributed by atoms with E-state index in [1.54, 1.807) is 18.4 Å². The number of nitrogens with zero attached hydrogens (tertiary/aromatic N) is 1. The molecule has 0 aliphatic carbocycles. The van der Waals surface area contributed by atoms with Gasteiger partial charge in [0, 0.05) is 37.2 Å². The lowest BCUT2D eigenvalue weighted by molar-refractivity contribution is 0.0644. The van der Waals surface area contributed by atoms with Crippen LogP contribution < -0.4 is 5.32 Å². The number of methoxy groups -OCH3 is 1. The first kappa shape index (κ1) is 13.6. The summed E-state index contributed by atoms with van der Waals surface area (Å²) in [6.07, 6.45) is 1.46. The lowest BCUT2D eigenvalue weighted by Crippen LogP contribution is -2.29. The first-order valence-electron chi connectivity index (χ1n) is 5.45. The van der Waals surface area contributed by atoms with E-state index in [0.29, 0.717) is 19.1 Å². The average Bonchev–Trinajstić information content (AvgIpc) is 2.67. The van der Waals surface area contributed by atoms with Gasteiger partial charge in [0.25, 0.3) is 0 Å². The molecule has 0 saturated carbocycles. The number of hydrogen-bond acceptors (Lipinski definition) is 5. The van der Waals surface area contributed by atoms with Crippen LogP contribution in [0.5, 0.6) is 0 Å². The maximum absolute atomic E-state index is 9.42. The molecule has 0 aliphatic rings. The summed E-state index contributed by atoms with van der Waals surface area (Å²) in [6.45, 7) is 5.94. The Balaban J connectivity index is 2.26. The van der Waals surface area contributed by atoms with Gasteiger partial charge in [-0.05, 0) is 0 Å². The third-order valence-electron chi connectivity index (χ3n) is 2.10. The molecular formula is C11H20N2O2S. The third-order valence-corrected chi connectivity index (χ3v) is 3.40. The van der Waals surface area contributed by atoms with E-state index in [-0.39, 0.29) is 0 Å². The zero-order valence-electron chi connectivity index (χ0n) is 10.1. The number of thiazole rings is 1. The van der Waals surface area contributed by atoms with Crippen LogP contribution in [0.1, 0.15) is 29.7 Å². The highest BCUT2D eigenvalue weighted by Gasteiger charge is 2.06. The second kappa shape index (κ2) is 6.96. The average molecular weight is 244 g/mol. The molecule has 1 unspecified atom stereocenters. The molecule has 0 spiro atoms. The fourth-order valence-electron chi connectivity index (χ4n) is 1.28. The van der Waals surface area contributed by atoms with Gasteiger partial charge in [0.1, 0.15) is 0 Å². The van der Waals surface area contributed by atoms with Gasteiger partial charge >= 0.3 is 0 Å². The molecule has 2 N–H and O–H groups in total. The van der Waals surface area contributed by atoms with Crippen molar-refractivity contribution in [2.75, 3.05) is 20.3 Å². The minimum atomic E-state index is -0.442. The van der Waals surface area contributed by atoms with E-state index in [0.717, 1.165) is 11.6 Å². The number of aliphatic hydroxyl groups excluding tert-OH is 1. The summed E-state index contributed by atoms with van der Waals surface area (Å²) < 4.78 is 4.84. The Labute approximate surface area is 101 Å². The number of aliphatic hydroxyl groups is 1. The van der Waals surface area contributed by atoms with E-state index in [9.17, 15) is 5.11 Å². The molecule has 5 heteroatoms. The molecule has 1 aromatic rings. The summed E-state index contributed by atoms with van der Waals surface area (Å²) in [7, 11) is 1.58. The van der Waals surface area contributed by atoms with Gasteiger partial charge in [-0.15, -0.1) is 11.3 Å². The maximum atomic E-state index is 9.42. The van der Waals surface area contributed by atoms with Crippen molar-refractivity contribution in [3.05, 3.63) is 16.1 Å². The van der Waals surface area contributed by atoms with Crippen LogP contribution in [0, 0.1) is 0 Å². The number of ether oxygens (including phenoxy) is 1. The van der Waals surface area contributed by atoms with Crippen molar-refractivity contribution < 1.29 is 9.84 Å². The predicted octanol–water partition coefficient (Wildman–Crippen LogP) is 1.36. The topological polar surface area (TPSA) is 54.4 Å². The molecular weight excluding hydrogens is 224 g/mol.